The number of hydrogen-bond donors (Lipinski definition) is 2. The van der Waals surface area contributed by atoms with Crippen molar-refractivity contribution in [2.75, 3.05) is 6.61 Å². The zero-order valence-electron chi connectivity index (χ0n) is 6.08. The minimum absolute atomic E-state index is 0.0703. The highest BCUT2D eigenvalue weighted by Crippen LogP contribution is 2.24. The molecule has 1 unspecified atom stereocenters. The van der Waals surface area contributed by atoms with E-state index in [-0.39, 0.29) is 6.61 Å². The number of rotatable bonds is 2. The Morgan fingerprint density at radius 3 is 2.80 bits per heavy atom. The highest BCUT2D eigenvalue weighted by molar-refractivity contribution is 5.04. The smallest absolute Gasteiger partial charge is 0.0849 e. The number of aliphatic hydroxyl groups is 2. The summed E-state index contributed by atoms with van der Waals surface area (Å²) in [5, 5.41) is 18.2. The highest BCUT2D eigenvalue weighted by atomic mass is 16.3. The van der Waals surface area contributed by atoms with Gasteiger partial charge in [0, 0.05) is 13.0 Å². The Hall–Kier alpha value is -0.340. The van der Waals surface area contributed by atoms with Crippen LogP contribution in [0.1, 0.15) is 25.7 Å². The molecule has 0 radical (unpaired) electrons. The van der Waals surface area contributed by atoms with E-state index in [4.69, 9.17) is 5.11 Å². The summed E-state index contributed by atoms with van der Waals surface area (Å²) in [5.41, 5.74) is -0.701. The van der Waals surface area contributed by atoms with Gasteiger partial charge < -0.3 is 10.2 Å². The molecule has 0 amide bonds. The van der Waals surface area contributed by atoms with Gasteiger partial charge in [-0.15, -0.1) is 0 Å². The first-order valence-electron chi connectivity index (χ1n) is 3.78. The quantitative estimate of drug-likeness (QED) is 0.561. The maximum Gasteiger partial charge on any atom is 0.0849 e. The Bertz CT molecular complexity index is 131. The Morgan fingerprint density at radius 1 is 1.50 bits per heavy atom. The van der Waals surface area contributed by atoms with Crippen molar-refractivity contribution in [1.29, 1.82) is 0 Å². The van der Waals surface area contributed by atoms with Crippen molar-refractivity contribution in [2.45, 2.75) is 31.3 Å². The lowest BCUT2D eigenvalue weighted by molar-refractivity contribution is 0.0473. The van der Waals surface area contributed by atoms with Crippen LogP contribution in [0.15, 0.2) is 12.2 Å². The van der Waals surface area contributed by atoms with Gasteiger partial charge in [-0.25, -0.2) is 0 Å². The van der Waals surface area contributed by atoms with Crippen LogP contribution in [-0.2, 0) is 0 Å². The molecule has 0 aromatic rings. The molecule has 1 rings (SSSR count). The van der Waals surface area contributed by atoms with E-state index in [0.29, 0.717) is 6.42 Å². The molecular weight excluding hydrogens is 128 g/mol. The van der Waals surface area contributed by atoms with Gasteiger partial charge in [-0.3, -0.25) is 0 Å². The third-order valence-electron chi connectivity index (χ3n) is 1.95. The summed E-state index contributed by atoms with van der Waals surface area (Å²) in [6, 6.07) is 0. The van der Waals surface area contributed by atoms with Crippen LogP contribution in [0.25, 0.3) is 0 Å². The number of hydrogen-bond acceptors (Lipinski definition) is 2. The lowest BCUT2D eigenvalue weighted by Gasteiger charge is -2.26. The van der Waals surface area contributed by atoms with E-state index >= 15 is 0 Å². The predicted molar refractivity (Wildman–Crippen MR) is 39.6 cm³/mol. The molecule has 1 aliphatic carbocycles. The third kappa shape index (κ3) is 1.82. The van der Waals surface area contributed by atoms with Crippen molar-refractivity contribution in [3.8, 4) is 0 Å². The second-order valence-corrected chi connectivity index (χ2v) is 2.87. The van der Waals surface area contributed by atoms with Crippen molar-refractivity contribution >= 4 is 0 Å². The Morgan fingerprint density at radius 2 is 2.30 bits per heavy atom. The van der Waals surface area contributed by atoms with Gasteiger partial charge in [-0.1, -0.05) is 12.2 Å². The molecule has 1 atom stereocenters. The van der Waals surface area contributed by atoms with Gasteiger partial charge in [0.2, 0.25) is 0 Å². The first-order chi connectivity index (χ1) is 4.77. The molecular formula is C8H14O2. The SMILES string of the molecule is OCCC1(O)C=CCCC1. The van der Waals surface area contributed by atoms with Gasteiger partial charge in [-0.05, 0) is 19.3 Å². The summed E-state index contributed by atoms with van der Waals surface area (Å²) in [4.78, 5) is 0. The van der Waals surface area contributed by atoms with Crippen LogP contribution >= 0.6 is 0 Å². The lowest BCUT2D eigenvalue weighted by Crippen LogP contribution is -2.28. The van der Waals surface area contributed by atoms with E-state index in [1.165, 1.54) is 0 Å². The fraction of sp³-hybridized carbons (Fsp3) is 0.750. The summed E-state index contributed by atoms with van der Waals surface area (Å²) in [6.07, 6.45) is 7.17. The molecule has 0 spiro atoms. The maximum atomic E-state index is 9.62. The van der Waals surface area contributed by atoms with Crippen LogP contribution in [0, 0.1) is 0 Å². The van der Waals surface area contributed by atoms with Crippen LogP contribution in [0.4, 0.5) is 0 Å². The van der Waals surface area contributed by atoms with Crippen LogP contribution in [-0.4, -0.2) is 22.4 Å². The summed E-state index contributed by atoms with van der Waals surface area (Å²) >= 11 is 0. The van der Waals surface area contributed by atoms with Gasteiger partial charge in [0.15, 0.2) is 0 Å². The van der Waals surface area contributed by atoms with Crippen molar-refractivity contribution in [1.82, 2.24) is 0 Å². The van der Waals surface area contributed by atoms with Gasteiger partial charge in [0.05, 0.1) is 5.60 Å². The first kappa shape index (κ1) is 7.76. The molecule has 0 aromatic heterocycles. The number of allylic oxidation sites excluding steroid dienone is 1. The molecule has 2 nitrogen and oxygen atoms in total. The molecule has 0 fully saturated rings. The van der Waals surface area contributed by atoms with E-state index in [1.807, 2.05) is 12.2 Å². The first-order valence-corrected chi connectivity index (χ1v) is 3.78. The summed E-state index contributed by atoms with van der Waals surface area (Å²) < 4.78 is 0. The van der Waals surface area contributed by atoms with Gasteiger partial charge in [-0.2, -0.15) is 0 Å². The van der Waals surface area contributed by atoms with Gasteiger partial charge in [0.25, 0.3) is 0 Å². The van der Waals surface area contributed by atoms with E-state index in [0.717, 1.165) is 19.3 Å². The molecule has 2 heteroatoms. The predicted octanol–water partition coefficient (Wildman–Crippen LogP) is 0.840. The Kier molecular flexibility index (Phi) is 2.46. The van der Waals surface area contributed by atoms with E-state index < -0.39 is 5.60 Å². The molecule has 10 heavy (non-hydrogen) atoms. The largest absolute Gasteiger partial charge is 0.396 e. The van der Waals surface area contributed by atoms with Crippen LogP contribution < -0.4 is 0 Å². The molecule has 0 aliphatic heterocycles. The number of aliphatic hydroxyl groups excluding tert-OH is 1. The minimum atomic E-state index is -0.701. The third-order valence-corrected chi connectivity index (χ3v) is 1.95. The Balaban J connectivity index is 2.48. The topological polar surface area (TPSA) is 40.5 Å². The van der Waals surface area contributed by atoms with Crippen molar-refractivity contribution in [2.24, 2.45) is 0 Å². The average molecular weight is 142 g/mol. The molecule has 2 N–H and O–H groups in total. The van der Waals surface area contributed by atoms with Crippen LogP contribution in [0.5, 0.6) is 0 Å². The molecule has 0 aromatic carbocycles. The second-order valence-electron chi connectivity index (χ2n) is 2.87. The van der Waals surface area contributed by atoms with Crippen LogP contribution in [0.3, 0.4) is 0 Å². The minimum Gasteiger partial charge on any atom is -0.396 e. The molecule has 1 aliphatic rings. The zero-order valence-corrected chi connectivity index (χ0v) is 6.08. The van der Waals surface area contributed by atoms with Crippen molar-refractivity contribution in [3.05, 3.63) is 12.2 Å². The van der Waals surface area contributed by atoms with E-state index in [9.17, 15) is 5.11 Å². The average Bonchev–Trinajstić information content (AvgIpc) is 1.89. The molecule has 0 bridgehead atoms. The second kappa shape index (κ2) is 3.17. The highest BCUT2D eigenvalue weighted by Gasteiger charge is 2.23. The van der Waals surface area contributed by atoms with Gasteiger partial charge >= 0.3 is 0 Å². The molecule has 0 saturated heterocycles. The fourth-order valence-electron chi connectivity index (χ4n) is 1.31. The summed E-state index contributed by atoms with van der Waals surface area (Å²) in [6.45, 7) is 0.0703. The fourth-order valence-corrected chi connectivity index (χ4v) is 1.31. The molecule has 0 saturated carbocycles. The van der Waals surface area contributed by atoms with Crippen molar-refractivity contribution in [3.63, 3.8) is 0 Å². The van der Waals surface area contributed by atoms with Crippen LogP contribution in [0.2, 0.25) is 0 Å². The normalized spacial score (nSPS) is 32.6. The van der Waals surface area contributed by atoms with E-state index in [1.54, 1.807) is 0 Å². The van der Waals surface area contributed by atoms with Crippen molar-refractivity contribution < 1.29 is 10.2 Å². The van der Waals surface area contributed by atoms with Gasteiger partial charge in [0.1, 0.15) is 0 Å². The molecule has 0 heterocycles. The lowest BCUT2D eigenvalue weighted by atomic mass is 9.89. The zero-order chi connectivity index (χ0) is 7.45. The summed E-state index contributed by atoms with van der Waals surface area (Å²) in [5.74, 6) is 0. The Labute approximate surface area is 61.2 Å². The van der Waals surface area contributed by atoms with E-state index in [2.05, 4.69) is 0 Å². The monoisotopic (exact) mass is 142 g/mol. The standard InChI is InChI=1S/C8H14O2/c9-7-6-8(10)4-2-1-3-5-8/h2,4,9-10H,1,3,5-7H2. The summed E-state index contributed by atoms with van der Waals surface area (Å²) in [7, 11) is 0. The maximum absolute atomic E-state index is 9.62. The molecule has 58 valence electrons.